The van der Waals surface area contributed by atoms with Crippen LogP contribution in [0.1, 0.15) is 57.6 Å². The highest BCUT2D eigenvalue weighted by molar-refractivity contribution is 7.17. The van der Waals surface area contributed by atoms with Gasteiger partial charge in [-0.25, -0.2) is 97.9 Å². The molecule has 2 amide bonds. The molecule has 1 aliphatic carbocycles. The van der Waals surface area contributed by atoms with Gasteiger partial charge in [0.1, 0.15) is 119 Å². The zero-order valence-corrected chi connectivity index (χ0v) is 72.7. The van der Waals surface area contributed by atoms with Crippen LogP contribution in [0.4, 0.5) is 34.9 Å². The molecule has 0 atom stereocenters. The molecule has 2 fully saturated rings. The van der Waals surface area contributed by atoms with Crippen molar-refractivity contribution in [2.45, 2.75) is 46.6 Å². The maximum absolute atomic E-state index is 12.7. The number of nitrogens with one attached hydrogen (secondary N) is 1. The zero-order chi connectivity index (χ0) is 90.0. The molecule has 648 valence electrons. The van der Waals surface area contributed by atoms with E-state index in [0.717, 1.165) is 130 Å². The number of nitrogens with zero attached hydrogens (tertiary/aromatic N) is 27. The summed E-state index contributed by atoms with van der Waals surface area (Å²) < 4.78 is 22.3. The number of rotatable bonds is 11. The van der Waals surface area contributed by atoms with Crippen LogP contribution in [-0.2, 0) is 47.0 Å². The molecule has 39 heteroatoms. The van der Waals surface area contributed by atoms with E-state index in [0.29, 0.717) is 130 Å². The quantitative estimate of drug-likeness (QED) is 0.0632. The molecule has 0 spiro atoms. The Labute approximate surface area is 739 Å². The van der Waals surface area contributed by atoms with Crippen LogP contribution in [-0.4, -0.2) is 184 Å². The van der Waals surface area contributed by atoms with E-state index in [-0.39, 0.29) is 11.8 Å². The number of amides is 2. The lowest BCUT2D eigenvalue weighted by Gasteiger charge is -2.27. The molecule has 1 saturated carbocycles. The minimum Gasteiger partial charge on any atom is -0.494 e. The van der Waals surface area contributed by atoms with Crippen molar-refractivity contribution in [1.82, 2.24) is 139 Å². The third-order valence-electron chi connectivity index (χ3n) is 21.7. The van der Waals surface area contributed by atoms with E-state index >= 15 is 0 Å². The Balaban J connectivity index is 0.000000109. The summed E-state index contributed by atoms with van der Waals surface area (Å²) in [5, 5.41) is 40.2. The molecule has 2 aliphatic rings. The second-order valence-corrected chi connectivity index (χ2v) is 31.4. The first-order valence-corrected chi connectivity index (χ1v) is 41.8. The van der Waals surface area contributed by atoms with Crippen LogP contribution in [0.3, 0.4) is 0 Å². The predicted octanol–water partition coefficient (Wildman–Crippen LogP) is 11.5. The average molecular weight is 1740 g/mol. The summed E-state index contributed by atoms with van der Waals surface area (Å²) in [7, 11) is 11.0. The Bertz CT molecular complexity index is 7670. The molecule has 129 heavy (non-hydrogen) atoms. The summed E-state index contributed by atoms with van der Waals surface area (Å²) in [4.78, 5) is 85.1. The van der Waals surface area contributed by atoms with Crippen LogP contribution in [0.25, 0.3) is 155 Å². The maximum Gasteiger partial charge on any atom is 0.254 e. The van der Waals surface area contributed by atoms with Crippen molar-refractivity contribution >= 4 is 145 Å². The number of nitrogen functional groups attached to an aromatic ring is 6. The first-order valence-electron chi connectivity index (χ1n) is 40.9. The van der Waals surface area contributed by atoms with Crippen LogP contribution in [0.15, 0.2) is 183 Å². The monoisotopic (exact) mass is 1740 g/mol. The number of benzene rings is 6. The second-order valence-electron chi connectivity index (χ2n) is 30.5. The summed E-state index contributed by atoms with van der Waals surface area (Å²) in [6.07, 6.45) is 12.5. The molecule has 0 bridgehead atoms. The Morgan fingerprint density at radius 1 is 0.434 bits per heavy atom. The van der Waals surface area contributed by atoms with Crippen LogP contribution in [0.2, 0.25) is 0 Å². The highest BCUT2D eigenvalue weighted by Crippen LogP contribution is 2.40. The van der Waals surface area contributed by atoms with E-state index in [1.54, 1.807) is 63.6 Å². The average Bonchev–Trinajstić information content (AvgIpc) is 1.66. The lowest BCUT2D eigenvalue weighted by atomic mass is 10.0. The van der Waals surface area contributed by atoms with Crippen molar-refractivity contribution in [3.05, 3.63) is 211 Å². The SMILES string of the molecule is CCOc1ccc2cc(-c3nn(C)c4ncnc(N)c34)ccc2c1.Cc1cccc(-c2nn(C)c3ncnc(N)c23)c1.Cc1ncc(-c2nn(C)c3ncnc(N)c23)c(C)n1.Cn1nc(-c2cccc(C(=O)N3CCOCC3)c2)c2c(N)ncnc21.Cn1nc(-c2cccc(C(=O)NC3CC3)c2)c2c(N)ncnc21.Cn1nc(-c2csc3ccccc23)c2c(N)ncnc21. The van der Waals surface area contributed by atoms with Gasteiger partial charge in [-0.15, -0.1) is 11.3 Å². The van der Waals surface area contributed by atoms with Crippen LogP contribution >= 0.6 is 11.3 Å². The molecular formula is C90H88N34O4S. The molecule has 1 aliphatic heterocycles. The van der Waals surface area contributed by atoms with Crippen LogP contribution in [0.5, 0.6) is 5.75 Å². The van der Waals surface area contributed by atoms with Gasteiger partial charge in [0.25, 0.3) is 11.8 Å². The molecule has 22 rings (SSSR count). The van der Waals surface area contributed by atoms with Crippen molar-refractivity contribution in [2.24, 2.45) is 42.3 Å². The van der Waals surface area contributed by atoms with Gasteiger partial charge in [-0.1, -0.05) is 84.4 Å². The summed E-state index contributed by atoms with van der Waals surface area (Å²) in [6, 6.07) is 43.8. The molecule has 38 nitrogen and oxygen atoms in total. The van der Waals surface area contributed by atoms with Crippen molar-refractivity contribution in [3.63, 3.8) is 0 Å². The highest BCUT2D eigenvalue weighted by Gasteiger charge is 2.27. The van der Waals surface area contributed by atoms with E-state index < -0.39 is 0 Å². The Hall–Kier alpha value is -16.6. The number of ether oxygens (including phenoxy) is 2. The van der Waals surface area contributed by atoms with Gasteiger partial charge in [-0.2, -0.15) is 30.6 Å². The van der Waals surface area contributed by atoms with Gasteiger partial charge in [0, 0.05) is 128 Å². The van der Waals surface area contributed by atoms with Crippen LogP contribution in [0, 0.1) is 20.8 Å². The number of thiophene rings is 1. The van der Waals surface area contributed by atoms with E-state index in [9.17, 15) is 9.59 Å². The van der Waals surface area contributed by atoms with E-state index in [1.807, 2.05) is 141 Å². The fourth-order valence-electron chi connectivity index (χ4n) is 15.3. The largest absolute Gasteiger partial charge is 0.494 e. The van der Waals surface area contributed by atoms with Crippen molar-refractivity contribution in [2.75, 3.05) is 67.3 Å². The summed E-state index contributed by atoms with van der Waals surface area (Å²) in [5.41, 5.74) is 53.6. The summed E-state index contributed by atoms with van der Waals surface area (Å²) >= 11 is 1.70. The number of nitrogens with two attached hydrogens (primary N) is 6. The molecule has 1 saturated heterocycles. The lowest BCUT2D eigenvalue weighted by molar-refractivity contribution is 0.0303. The number of hydrogen-bond donors (Lipinski definition) is 7. The Kier molecular flexibility index (Phi) is 23.6. The molecule has 15 heterocycles. The first-order chi connectivity index (χ1) is 62.4. The van der Waals surface area contributed by atoms with Gasteiger partial charge in [0.2, 0.25) is 0 Å². The number of carbonyl (C=O) groups excluding carboxylic acids is 2. The minimum absolute atomic E-state index is 0.00499. The van der Waals surface area contributed by atoms with E-state index in [4.69, 9.17) is 43.9 Å². The molecule has 6 aromatic carbocycles. The number of carbonyl (C=O) groups is 2. The van der Waals surface area contributed by atoms with E-state index in [2.05, 4.69) is 160 Å². The van der Waals surface area contributed by atoms with Gasteiger partial charge >= 0.3 is 0 Å². The maximum atomic E-state index is 12.7. The van der Waals surface area contributed by atoms with Crippen molar-refractivity contribution in [3.8, 4) is 73.3 Å². The molecule has 0 unspecified atom stereocenters. The van der Waals surface area contributed by atoms with Gasteiger partial charge in [0.15, 0.2) is 33.9 Å². The van der Waals surface area contributed by atoms with Crippen molar-refractivity contribution < 1.29 is 19.1 Å². The third-order valence-corrected chi connectivity index (χ3v) is 22.6. The number of hydrogen-bond acceptors (Lipinski definition) is 31. The predicted molar refractivity (Wildman–Crippen MR) is 498 cm³/mol. The van der Waals surface area contributed by atoms with E-state index in [1.165, 1.54) is 53.6 Å². The molecule has 0 radical (unpaired) electrons. The Morgan fingerprint density at radius 2 is 0.837 bits per heavy atom. The second kappa shape index (κ2) is 35.9. The van der Waals surface area contributed by atoms with Gasteiger partial charge in [-0.3, -0.25) is 9.59 Å². The van der Waals surface area contributed by atoms with Gasteiger partial charge in [-0.05, 0) is 106 Å². The number of anilines is 6. The topological polar surface area (TPSA) is 511 Å². The van der Waals surface area contributed by atoms with Crippen LogP contribution < -0.4 is 44.5 Å². The third kappa shape index (κ3) is 17.2. The fourth-order valence-corrected chi connectivity index (χ4v) is 16.2. The number of fused-ring (bicyclic) bond motifs is 8. The first kappa shape index (κ1) is 84.6. The summed E-state index contributed by atoms with van der Waals surface area (Å²) in [5.74, 6) is 4.07. The Morgan fingerprint density at radius 3 is 1.29 bits per heavy atom. The summed E-state index contributed by atoms with van der Waals surface area (Å²) in [6.45, 7) is 10.8. The zero-order valence-electron chi connectivity index (χ0n) is 71.9. The molecular weight excluding hydrogens is 1650 g/mol. The highest BCUT2D eigenvalue weighted by atomic mass is 32.1. The molecule has 14 aromatic heterocycles. The fraction of sp³-hybridized carbons (Fsp3) is 0.200. The van der Waals surface area contributed by atoms with Gasteiger partial charge in [0.05, 0.1) is 57.8 Å². The molecule has 13 N–H and O–H groups in total. The smallest absolute Gasteiger partial charge is 0.254 e. The number of aromatic nitrogens is 26. The normalized spacial score (nSPS) is 12.4. The van der Waals surface area contributed by atoms with Gasteiger partial charge < -0.3 is 54.1 Å². The number of morpholine rings is 1. The lowest BCUT2D eigenvalue weighted by Crippen LogP contribution is -2.40. The minimum atomic E-state index is -0.0567. The molecule has 20 aromatic rings. The van der Waals surface area contributed by atoms with Crippen molar-refractivity contribution in [1.29, 1.82) is 0 Å². The standard InChI is InChI=1S/C18H17N5O.C17H18N6O2.C16H16N6O.C14H11N5S.C13H13N5.C12H13N7/c1-3-24-14-7-6-11-8-13(5-4-12(11)9-14)16-15-17(19)20-10-21-18(15)23(2)22-16;1-22-16-13(15(18)19-10-20-16)14(21-22)11-3-2-4-12(9-11)17(24)23-5-7-25-8-6-23;1-22-15-12(14(17)18-8-19-15)13(21-22)9-3-2-4-10(7-9)16(23)20-11-5-6-11;1-19-14-11(13(15)16-7-17-14)12(18-19)9-6-20-10-5-3-2-4-8(9)10;1-8-4-3-5-9(6-8)11-10-12(14)15-7-16-13(10)18(2)17-11;1-6-8(4-14-7(2)17-6)10-9-11(13)15-5-16-12(9)19(3)18-10/h4-10H,3H2,1-2H3,(H2,19,20,21);2-4,9-10H,5-8H2,1H3,(H2,18,19,20);2-4,7-8,11H,5-6H2,1H3,(H,20,23)(H2,17,18,19);2-7H,1H3,(H2,15,16,17);3-7H,1-2H3,(H2,14,15,16);4-5H,1-3H3,(H2,13,15,16). The number of aryl methyl sites for hydroxylation is 9.